The third-order valence-corrected chi connectivity index (χ3v) is 11.0. The number of carbonyl (C=O) groups excluding carboxylic acids is 3. The molecule has 11 nitrogen and oxygen atoms in total. The Kier molecular flexibility index (Phi) is 12.4. The van der Waals surface area contributed by atoms with Crippen LogP contribution in [-0.4, -0.2) is 61.7 Å². The first-order valence-electron chi connectivity index (χ1n) is 18.5. The minimum absolute atomic E-state index is 0.00200. The lowest BCUT2D eigenvalue weighted by Gasteiger charge is -2.44. The van der Waals surface area contributed by atoms with Crippen molar-refractivity contribution in [1.29, 1.82) is 0 Å². The maximum absolute atomic E-state index is 13.9. The summed E-state index contributed by atoms with van der Waals surface area (Å²) in [5.41, 5.74) is 0.829. The molecule has 1 amide bonds. The molecule has 4 heterocycles. The second-order valence-corrected chi connectivity index (χ2v) is 15.2. The van der Waals surface area contributed by atoms with Gasteiger partial charge in [0.25, 0.3) is 5.91 Å². The summed E-state index contributed by atoms with van der Waals surface area (Å²) < 4.78 is 63.3. The molecule has 4 aromatic rings. The number of alkyl halides is 2. The summed E-state index contributed by atoms with van der Waals surface area (Å²) in [7, 11) is 0. The van der Waals surface area contributed by atoms with E-state index in [0.717, 1.165) is 51.2 Å². The standard InChI is InChI=1S/C41H38Cl2F3N3O8/c42-31-19-49(53)20-32(43)30(31)18-34(26-8-11-33(57-41(45)46)35(17-26)54-22-23-4-5-23)55-39(51)28-3-1-2-27(16-28)38(50)47-37(25-6-9-29(44)10-7-25)40(52)56-36-21-48-14-12-24(36)13-15-48/h1-3,6-11,16-17,19-20,23-24,34,36-37,41H,4-5,12-15,18,21-22H2,(H,47,50)/t34-,36-,37?/m0/s1. The van der Waals surface area contributed by atoms with Crippen molar-refractivity contribution in [3.63, 3.8) is 0 Å². The zero-order valence-electron chi connectivity index (χ0n) is 30.4. The quantitative estimate of drug-likeness (QED) is 0.0740. The normalized spacial score (nSPS) is 19.7. The van der Waals surface area contributed by atoms with Gasteiger partial charge in [-0.3, -0.25) is 9.69 Å². The van der Waals surface area contributed by atoms with E-state index < -0.39 is 42.4 Å². The predicted molar refractivity (Wildman–Crippen MR) is 201 cm³/mol. The van der Waals surface area contributed by atoms with E-state index in [1.54, 1.807) is 0 Å². The average molecular weight is 829 g/mol. The van der Waals surface area contributed by atoms with E-state index in [2.05, 4.69) is 15.0 Å². The molecule has 3 aromatic carbocycles. The molecule has 300 valence electrons. The van der Waals surface area contributed by atoms with E-state index in [-0.39, 0.29) is 69.2 Å². The van der Waals surface area contributed by atoms with Gasteiger partial charge in [-0.1, -0.05) is 47.5 Å². The molecule has 0 radical (unpaired) electrons. The van der Waals surface area contributed by atoms with E-state index in [9.17, 15) is 32.8 Å². The van der Waals surface area contributed by atoms with Crippen LogP contribution in [0.4, 0.5) is 13.2 Å². The lowest BCUT2D eigenvalue weighted by atomic mass is 9.86. The van der Waals surface area contributed by atoms with Crippen LogP contribution >= 0.6 is 23.2 Å². The third-order valence-electron chi connectivity index (χ3n) is 10.4. The van der Waals surface area contributed by atoms with Crippen molar-refractivity contribution >= 4 is 41.0 Å². The maximum atomic E-state index is 13.9. The van der Waals surface area contributed by atoms with Gasteiger partial charge in [0, 0.05) is 24.1 Å². The van der Waals surface area contributed by atoms with Gasteiger partial charge >= 0.3 is 18.6 Å². The number of piperidine rings is 3. The van der Waals surface area contributed by atoms with Crippen molar-refractivity contribution in [3.05, 3.63) is 128 Å². The van der Waals surface area contributed by atoms with Crippen LogP contribution in [0.15, 0.2) is 79.1 Å². The predicted octanol–water partition coefficient (Wildman–Crippen LogP) is 7.41. The van der Waals surface area contributed by atoms with Crippen LogP contribution in [0.2, 0.25) is 10.0 Å². The van der Waals surface area contributed by atoms with Gasteiger partial charge in [-0.2, -0.15) is 13.5 Å². The lowest BCUT2D eigenvalue weighted by Crippen LogP contribution is -2.52. The fraction of sp³-hybridized carbons (Fsp3) is 0.366. The Morgan fingerprint density at radius 3 is 2.23 bits per heavy atom. The Bertz CT molecular complexity index is 2090. The molecule has 8 rings (SSSR count). The number of hydrogen-bond donors (Lipinski definition) is 1. The maximum Gasteiger partial charge on any atom is 0.387 e. The monoisotopic (exact) mass is 827 g/mol. The number of ether oxygens (including phenoxy) is 4. The summed E-state index contributed by atoms with van der Waals surface area (Å²) in [4.78, 5) is 43.5. The number of esters is 2. The number of amides is 1. The SMILES string of the molecule is O=C(NC(C(=O)O[C@H]1CN2CCC1CC2)c1ccc(F)cc1)c1cccc(C(=O)O[C@@H](Cc2c(Cl)c[n+]([O-])cc2Cl)c2ccc(OC(F)F)c(OCC3CC3)c2)c1. The summed E-state index contributed by atoms with van der Waals surface area (Å²) >= 11 is 12.8. The van der Waals surface area contributed by atoms with Crippen LogP contribution in [0, 0.1) is 22.9 Å². The van der Waals surface area contributed by atoms with Crippen molar-refractivity contribution in [2.45, 2.75) is 57.0 Å². The Labute approximate surface area is 336 Å². The number of hydrogen-bond acceptors (Lipinski definition) is 9. The number of pyridine rings is 1. The van der Waals surface area contributed by atoms with Crippen LogP contribution < -0.4 is 19.5 Å². The number of nitrogens with zero attached hydrogens (tertiary/aromatic N) is 2. The second-order valence-electron chi connectivity index (χ2n) is 14.4. The van der Waals surface area contributed by atoms with Crippen molar-refractivity contribution in [2.75, 3.05) is 26.2 Å². The molecule has 0 spiro atoms. The van der Waals surface area contributed by atoms with E-state index in [1.807, 2.05) is 0 Å². The largest absolute Gasteiger partial charge is 0.619 e. The van der Waals surface area contributed by atoms with Crippen LogP contribution in [0.1, 0.15) is 75.2 Å². The topological polar surface area (TPSA) is 130 Å². The minimum Gasteiger partial charge on any atom is -0.619 e. The van der Waals surface area contributed by atoms with Gasteiger partial charge in [0.05, 0.1) is 12.2 Å². The van der Waals surface area contributed by atoms with Crippen molar-refractivity contribution in [2.24, 2.45) is 11.8 Å². The molecule has 3 aliphatic heterocycles. The van der Waals surface area contributed by atoms with Crippen molar-refractivity contribution in [1.82, 2.24) is 10.2 Å². The van der Waals surface area contributed by atoms with Gasteiger partial charge < -0.3 is 29.5 Å². The molecule has 57 heavy (non-hydrogen) atoms. The van der Waals surface area contributed by atoms with Gasteiger partial charge in [-0.25, -0.2) is 14.0 Å². The summed E-state index contributed by atoms with van der Waals surface area (Å²) in [5.74, 6) is -2.56. The molecule has 1 N–H and O–H groups in total. The summed E-state index contributed by atoms with van der Waals surface area (Å²) in [6, 6.07) is 13.6. The number of aromatic nitrogens is 1. The highest BCUT2D eigenvalue weighted by molar-refractivity contribution is 6.35. The van der Waals surface area contributed by atoms with Gasteiger partial charge in [-0.05, 0) is 104 Å². The Balaban J connectivity index is 1.13. The molecular formula is C41H38Cl2F3N3O8. The number of nitrogens with one attached hydrogen (secondary N) is 1. The summed E-state index contributed by atoms with van der Waals surface area (Å²) in [6.45, 7) is -0.398. The molecule has 4 fully saturated rings. The zero-order chi connectivity index (χ0) is 40.2. The lowest BCUT2D eigenvalue weighted by molar-refractivity contribution is -0.605. The zero-order valence-corrected chi connectivity index (χ0v) is 31.9. The Morgan fingerprint density at radius 2 is 1.58 bits per heavy atom. The van der Waals surface area contributed by atoms with Crippen LogP contribution in [0.5, 0.6) is 11.5 Å². The molecule has 1 unspecified atom stereocenters. The second kappa shape index (κ2) is 17.6. The summed E-state index contributed by atoms with van der Waals surface area (Å²) in [6.07, 6.45) is 4.17. The Hall–Kier alpha value is -5.05. The molecule has 1 saturated carbocycles. The van der Waals surface area contributed by atoms with Crippen molar-refractivity contribution < 1.29 is 51.2 Å². The van der Waals surface area contributed by atoms with Crippen LogP contribution in [0.25, 0.3) is 0 Å². The first-order chi connectivity index (χ1) is 27.4. The van der Waals surface area contributed by atoms with E-state index in [0.29, 0.717) is 22.4 Å². The van der Waals surface area contributed by atoms with E-state index >= 15 is 0 Å². The molecule has 3 saturated heterocycles. The third kappa shape index (κ3) is 10.1. The van der Waals surface area contributed by atoms with Crippen molar-refractivity contribution in [3.8, 4) is 11.5 Å². The fourth-order valence-electron chi connectivity index (χ4n) is 7.06. The number of benzene rings is 3. The van der Waals surface area contributed by atoms with Crippen LogP contribution in [-0.2, 0) is 20.7 Å². The fourth-order valence-corrected chi connectivity index (χ4v) is 7.65. The van der Waals surface area contributed by atoms with Crippen LogP contribution in [0.3, 0.4) is 0 Å². The van der Waals surface area contributed by atoms with Gasteiger partial charge in [0.2, 0.25) is 0 Å². The molecule has 2 bridgehead atoms. The Morgan fingerprint density at radius 1 is 0.895 bits per heavy atom. The first-order valence-corrected chi connectivity index (χ1v) is 19.2. The molecule has 16 heteroatoms. The molecule has 1 aromatic heterocycles. The minimum atomic E-state index is -3.13. The van der Waals surface area contributed by atoms with Gasteiger partial charge in [0.1, 0.15) is 28.1 Å². The highest BCUT2D eigenvalue weighted by Gasteiger charge is 2.38. The number of carbonyl (C=O) groups is 3. The molecule has 4 aliphatic rings. The highest BCUT2D eigenvalue weighted by Crippen LogP contribution is 2.38. The molecule has 1 aliphatic carbocycles. The average Bonchev–Trinajstić information content (AvgIpc) is 4.03. The summed E-state index contributed by atoms with van der Waals surface area (Å²) in [5, 5.41) is 14.7. The van der Waals surface area contributed by atoms with Gasteiger partial charge in [-0.15, -0.1) is 0 Å². The van der Waals surface area contributed by atoms with E-state index in [1.165, 1.54) is 66.7 Å². The smallest absolute Gasteiger partial charge is 0.387 e. The highest BCUT2D eigenvalue weighted by atomic mass is 35.5. The number of fused-ring (bicyclic) bond motifs is 3. The first kappa shape index (κ1) is 40.2. The molecule has 3 atom stereocenters. The molecular weight excluding hydrogens is 790 g/mol. The number of rotatable bonds is 15. The van der Waals surface area contributed by atoms with Gasteiger partial charge in [0.15, 0.2) is 29.9 Å². The number of halogens is 5. The van der Waals surface area contributed by atoms with E-state index in [4.69, 9.17) is 37.4 Å².